The number of hydrogen-bond donors (Lipinski definition) is 0. The number of imidazole rings is 1. The van der Waals surface area contributed by atoms with Crippen LogP contribution in [0.15, 0.2) is 30.9 Å². The van der Waals surface area contributed by atoms with E-state index in [4.69, 9.17) is 4.74 Å². The molecule has 3 heterocycles. The van der Waals surface area contributed by atoms with Gasteiger partial charge in [0.2, 0.25) is 0 Å². The average molecular weight is 434 g/mol. The maximum absolute atomic E-state index is 12.6. The van der Waals surface area contributed by atoms with E-state index in [1.54, 1.807) is 12.7 Å². The molecule has 0 N–H and O–H groups in total. The van der Waals surface area contributed by atoms with Gasteiger partial charge in [-0.2, -0.15) is 0 Å². The molecule has 1 saturated heterocycles. The molecule has 0 spiro atoms. The van der Waals surface area contributed by atoms with Crippen LogP contribution < -0.4 is 4.90 Å². The molecule has 166 valence electrons. The van der Waals surface area contributed by atoms with Gasteiger partial charge >= 0.3 is 5.97 Å². The van der Waals surface area contributed by atoms with Crippen LogP contribution in [-0.2, 0) is 9.53 Å². The topological polar surface area (TPSA) is 90.2 Å². The number of aromatic nitrogens is 4. The summed E-state index contributed by atoms with van der Waals surface area (Å²) in [6.07, 6.45) is 6.74. The van der Waals surface area contributed by atoms with Crippen molar-refractivity contribution in [2.75, 3.05) is 24.6 Å². The van der Waals surface area contributed by atoms with E-state index in [9.17, 15) is 9.59 Å². The Bertz CT molecular complexity index is 1180. The normalized spacial score (nSPS) is 17.0. The highest BCUT2D eigenvalue weighted by Gasteiger charge is 2.31. The lowest BCUT2D eigenvalue weighted by atomic mass is 9.97. The van der Waals surface area contributed by atoms with Crippen LogP contribution in [-0.4, -0.2) is 51.0 Å². The predicted octanol–water partition coefficient (Wildman–Crippen LogP) is 3.50. The second kappa shape index (κ2) is 8.33. The summed E-state index contributed by atoms with van der Waals surface area (Å²) < 4.78 is 7.11. The third-order valence-corrected chi connectivity index (χ3v) is 6.43. The first-order valence-corrected chi connectivity index (χ1v) is 11.3. The Kier molecular flexibility index (Phi) is 5.36. The van der Waals surface area contributed by atoms with E-state index < -0.39 is 0 Å². The molecule has 0 atom stereocenters. The van der Waals surface area contributed by atoms with E-state index in [-0.39, 0.29) is 23.6 Å². The predicted molar refractivity (Wildman–Crippen MR) is 120 cm³/mol. The minimum absolute atomic E-state index is 0.0597. The Morgan fingerprint density at radius 3 is 2.56 bits per heavy atom. The minimum atomic E-state index is -0.111. The number of aryl methyl sites for hydroxylation is 1. The van der Waals surface area contributed by atoms with Crippen LogP contribution in [0.3, 0.4) is 0 Å². The molecule has 3 aromatic rings. The number of ketones is 1. The number of fused-ring (bicyclic) bond motifs is 1. The Balaban J connectivity index is 1.44. The van der Waals surface area contributed by atoms with Crippen LogP contribution in [0.2, 0.25) is 0 Å². The zero-order valence-corrected chi connectivity index (χ0v) is 18.5. The van der Waals surface area contributed by atoms with Crippen LogP contribution in [0.1, 0.15) is 48.5 Å². The van der Waals surface area contributed by atoms with E-state index in [1.807, 2.05) is 36.6 Å². The van der Waals surface area contributed by atoms with E-state index in [0.29, 0.717) is 25.3 Å². The number of carbonyl (C=O) groups excluding carboxylic acids is 2. The molecule has 5 rings (SSSR count). The molecule has 32 heavy (non-hydrogen) atoms. The van der Waals surface area contributed by atoms with E-state index in [1.165, 1.54) is 0 Å². The zero-order valence-electron chi connectivity index (χ0n) is 18.5. The summed E-state index contributed by atoms with van der Waals surface area (Å²) in [5, 5.41) is 0. The fourth-order valence-corrected chi connectivity index (χ4v) is 4.42. The molecule has 2 aliphatic rings. The molecule has 0 radical (unpaired) electrons. The lowest BCUT2D eigenvalue weighted by molar-refractivity contribution is -0.148. The number of hydrogen-bond acceptors (Lipinski definition) is 7. The SMILES string of the molecule is CCOC(=O)C1CCN(c2ncnc3c2ncn3-c2cc(C(=O)C3CC3)ccc2C)CC1. The number of Topliss-reactive ketones (excluding diaryl/α,β-unsaturated/α-hetero) is 1. The Labute approximate surface area is 186 Å². The largest absolute Gasteiger partial charge is 0.466 e. The van der Waals surface area contributed by atoms with Gasteiger partial charge in [-0.15, -0.1) is 0 Å². The summed E-state index contributed by atoms with van der Waals surface area (Å²) in [6, 6.07) is 5.84. The van der Waals surface area contributed by atoms with Crippen LogP contribution in [0.5, 0.6) is 0 Å². The summed E-state index contributed by atoms with van der Waals surface area (Å²) in [4.78, 5) is 40.5. The third-order valence-electron chi connectivity index (χ3n) is 6.43. The van der Waals surface area contributed by atoms with Crippen molar-refractivity contribution in [3.05, 3.63) is 42.0 Å². The van der Waals surface area contributed by atoms with Gasteiger partial charge in [0.15, 0.2) is 22.8 Å². The molecule has 8 heteroatoms. The fraction of sp³-hybridized carbons (Fsp3) is 0.458. The van der Waals surface area contributed by atoms with Crippen molar-refractivity contribution in [3.63, 3.8) is 0 Å². The van der Waals surface area contributed by atoms with Crippen molar-refractivity contribution in [1.29, 1.82) is 0 Å². The maximum Gasteiger partial charge on any atom is 0.309 e. The third kappa shape index (κ3) is 3.74. The molecule has 1 aromatic carbocycles. The Hall–Kier alpha value is -3.29. The second-order valence-electron chi connectivity index (χ2n) is 8.64. The fourth-order valence-electron chi connectivity index (χ4n) is 4.42. The van der Waals surface area contributed by atoms with Gasteiger partial charge in [-0.3, -0.25) is 14.2 Å². The van der Waals surface area contributed by atoms with Gasteiger partial charge in [-0.1, -0.05) is 12.1 Å². The maximum atomic E-state index is 12.6. The van der Waals surface area contributed by atoms with Crippen molar-refractivity contribution >= 4 is 28.7 Å². The number of anilines is 1. The molecule has 2 fully saturated rings. The number of benzene rings is 1. The lowest BCUT2D eigenvalue weighted by Gasteiger charge is -2.31. The average Bonchev–Trinajstić information content (AvgIpc) is 3.58. The monoisotopic (exact) mass is 433 g/mol. The second-order valence-corrected chi connectivity index (χ2v) is 8.64. The molecule has 0 unspecified atom stereocenters. The summed E-state index contributed by atoms with van der Waals surface area (Å²) in [7, 11) is 0. The number of piperidine rings is 1. The molecule has 0 bridgehead atoms. The molecule has 2 aromatic heterocycles. The van der Waals surface area contributed by atoms with Gasteiger partial charge in [0.1, 0.15) is 12.7 Å². The lowest BCUT2D eigenvalue weighted by Crippen LogP contribution is -2.37. The number of esters is 1. The van der Waals surface area contributed by atoms with E-state index in [0.717, 1.165) is 53.8 Å². The number of ether oxygens (including phenoxy) is 1. The van der Waals surface area contributed by atoms with Crippen LogP contribution >= 0.6 is 0 Å². The van der Waals surface area contributed by atoms with Gasteiger partial charge in [-0.25, -0.2) is 15.0 Å². The van der Waals surface area contributed by atoms with Crippen molar-refractivity contribution < 1.29 is 14.3 Å². The molecule has 1 saturated carbocycles. The molecule has 1 aliphatic carbocycles. The van der Waals surface area contributed by atoms with Gasteiger partial charge in [0.25, 0.3) is 0 Å². The number of rotatable bonds is 6. The summed E-state index contributed by atoms with van der Waals surface area (Å²) in [6.45, 7) is 5.70. The standard InChI is InChI=1S/C24H27N5O3/c1-3-32-24(31)17-8-10-28(11-9-17)22-20-23(26-13-25-22)29(14-27-20)19-12-18(5-4-15(19)2)21(30)16-6-7-16/h4-5,12-14,16-17H,3,6-11H2,1-2H3. The van der Waals surface area contributed by atoms with E-state index in [2.05, 4.69) is 19.9 Å². The minimum Gasteiger partial charge on any atom is -0.466 e. The molecule has 0 amide bonds. The molecular formula is C24H27N5O3. The van der Waals surface area contributed by atoms with E-state index >= 15 is 0 Å². The summed E-state index contributed by atoms with van der Waals surface area (Å²) in [5.41, 5.74) is 4.13. The van der Waals surface area contributed by atoms with Gasteiger partial charge in [0, 0.05) is 24.6 Å². The molecule has 1 aliphatic heterocycles. The Morgan fingerprint density at radius 1 is 1.06 bits per heavy atom. The zero-order chi connectivity index (χ0) is 22.2. The highest BCUT2D eigenvalue weighted by molar-refractivity contribution is 6.00. The van der Waals surface area contributed by atoms with Crippen molar-refractivity contribution in [1.82, 2.24) is 19.5 Å². The van der Waals surface area contributed by atoms with Crippen LogP contribution in [0.25, 0.3) is 16.9 Å². The van der Waals surface area contributed by atoms with Crippen molar-refractivity contribution in [2.24, 2.45) is 11.8 Å². The molecule has 8 nitrogen and oxygen atoms in total. The number of nitrogens with zero attached hydrogens (tertiary/aromatic N) is 5. The first-order valence-electron chi connectivity index (χ1n) is 11.3. The van der Waals surface area contributed by atoms with Gasteiger partial charge in [-0.05, 0) is 51.2 Å². The van der Waals surface area contributed by atoms with Crippen LogP contribution in [0, 0.1) is 18.8 Å². The summed E-state index contributed by atoms with van der Waals surface area (Å²) in [5.74, 6) is 1.00. The number of carbonyl (C=O) groups is 2. The Morgan fingerprint density at radius 2 is 1.84 bits per heavy atom. The van der Waals surface area contributed by atoms with Crippen molar-refractivity contribution in [2.45, 2.75) is 39.5 Å². The summed E-state index contributed by atoms with van der Waals surface area (Å²) >= 11 is 0. The smallest absolute Gasteiger partial charge is 0.309 e. The highest BCUT2D eigenvalue weighted by atomic mass is 16.5. The highest BCUT2D eigenvalue weighted by Crippen LogP contribution is 2.34. The molecular weight excluding hydrogens is 406 g/mol. The van der Waals surface area contributed by atoms with Gasteiger partial charge < -0.3 is 9.64 Å². The first-order chi connectivity index (χ1) is 15.6. The van der Waals surface area contributed by atoms with Crippen molar-refractivity contribution in [3.8, 4) is 5.69 Å². The first kappa shape index (κ1) is 20.6. The van der Waals surface area contributed by atoms with Crippen LogP contribution in [0.4, 0.5) is 5.82 Å². The van der Waals surface area contributed by atoms with Gasteiger partial charge in [0.05, 0.1) is 18.2 Å². The quantitative estimate of drug-likeness (QED) is 0.434.